The topological polar surface area (TPSA) is 149 Å². The van der Waals surface area contributed by atoms with Crippen molar-refractivity contribution in [1.82, 2.24) is 0 Å². The first-order chi connectivity index (χ1) is 4.00. The number of rotatable bonds is 0. The maximum atomic E-state index is 8.82. The van der Waals surface area contributed by atoms with Gasteiger partial charge >= 0.3 is 59.1 Å². The SMILES string of the molecule is [O]=[Cr](=[O])([OH])[OH].[O]=[Cr](=[O])([OH])[OH]. The molecule has 0 spiro atoms. The molecular weight excluding hydrogens is 232 g/mol. The predicted molar refractivity (Wildman–Crippen MR) is 11.6 cm³/mol. The van der Waals surface area contributed by atoms with Crippen LogP contribution in [0.3, 0.4) is 0 Å². The third kappa shape index (κ3) is 37200. The van der Waals surface area contributed by atoms with E-state index < -0.39 is 27.2 Å². The van der Waals surface area contributed by atoms with Crippen molar-refractivity contribution in [2.75, 3.05) is 0 Å². The molecule has 64 valence electrons. The Bertz CT molecular complexity index is 204. The Labute approximate surface area is 59.5 Å². The van der Waals surface area contributed by atoms with Gasteiger partial charge in [-0.1, -0.05) is 0 Å². The summed E-state index contributed by atoms with van der Waals surface area (Å²) in [5.41, 5.74) is 0. The van der Waals surface area contributed by atoms with Gasteiger partial charge in [-0.3, -0.25) is 0 Å². The van der Waals surface area contributed by atoms with E-state index in [1.807, 2.05) is 0 Å². The van der Waals surface area contributed by atoms with Crippen LogP contribution in [0.4, 0.5) is 0 Å². The standard InChI is InChI=1S/2Cr.4H2O.4O/h;;4*1H2;;;;/q2*+2;;;;;;;;/p-4. The average molecular weight is 236 g/mol. The molecule has 4 N–H and O–H groups in total. The van der Waals surface area contributed by atoms with Crippen LogP contribution in [0.25, 0.3) is 0 Å². The molecule has 0 aromatic rings. The first-order valence-corrected chi connectivity index (χ1v) is 5.76. The predicted octanol–water partition coefficient (Wildman–Crippen LogP) is -2.71. The first kappa shape index (κ1) is 12.8. The van der Waals surface area contributed by atoms with Gasteiger partial charge in [-0.25, -0.2) is 0 Å². The van der Waals surface area contributed by atoms with Gasteiger partial charge in [-0.2, -0.15) is 0 Å². The van der Waals surface area contributed by atoms with E-state index in [4.69, 9.17) is 31.8 Å². The van der Waals surface area contributed by atoms with E-state index in [0.717, 1.165) is 0 Å². The van der Waals surface area contributed by atoms with E-state index in [9.17, 15) is 0 Å². The van der Waals surface area contributed by atoms with Crippen molar-refractivity contribution in [1.29, 1.82) is 0 Å². The van der Waals surface area contributed by atoms with Crippen LogP contribution >= 0.6 is 0 Å². The van der Waals surface area contributed by atoms with Crippen molar-refractivity contribution < 1.29 is 59.1 Å². The summed E-state index contributed by atoms with van der Waals surface area (Å²) >= 11 is -10.5. The van der Waals surface area contributed by atoms with E-state index >= 15 is 0 Å². The van der Waals surface area contributed by atoms with Crippen molar-refractivity contribution >= 4 is 0 Å². The molecule has 0 saturated carbocycles. The van der Waals surface area contributed by atoms with Crippen molar-refractivity contribution in [3.63, 3.8) is 0 Å². The Morgan fingerprint density at radius 1 is 0.600 bits per heavy atom. The van der Waals surface area contributed by atoms with Crippen molar-refractivity contribution in [2.24, 2.45) is 0 Å². The third-order valence-electron chi connectivity index (χ3n) is 0. The molecule has 0 heterocycles. The van der Waals surface area contributed by atoms with E-state index in [0.29, 0.717) is 0 Å². The fourth-order valence-electron chi connectivity index (χ4n) is 0. The molecule has 0 saturated heterocycles. The van der Waals surface area contributed by atoms with Crippen molar-refractivity contribution in [2.45, 2.75) is 0 Å². The molecule has 0 aromatic heterocycles. The Balaban J connectivity index is 0. The van der Waals surface area contributed by atoms with Crippen LogP contribution in [0.15, 0.2) is 0 Å². The monoisotopic (exact) mass is 236 g/mol. The van der Waals surface area contributed by atoms with Crippen LogP contribution in [-0.4, -0.2) is 16.6 Å². The van der Waals surface area contributed by atoms with Gasteiger partial charge in [-0.15, -0.1) is 0 Å². The molecule has 0 radical (unpaired) electrons. The maximum absolute atomic E-state index is 8.82. The molecule has 0 aliphatic carbocycles. The fraction of sp³-hybridized carbons (Fsp3) is 0. The van der Waals surface area contributed by atoms with E-state index in [-0.39, 0.29) is 0 Å². The molecule has 0 aromatic carbocycles. The summed E-state index contributed by atoms with van der Waals surface area (Å²) < 4.78 is 63.8. The van der Waals surface area contributed by atoms with Crippen LogP contribution < -0.4 is 0 Å². The van der Waals surface area contributed by atoms with Gasteiger partial charge in [0.1, 0.15) is 0 Å². The van der Waals surface area contributed by atoms with Crippen LogP contribution in [0.1, 0.15) is 0 Å². The quantitative estimate of drug-likeness (QED) is 0.354. The third-order valence-corrected chi connectivity index (χ3v) is 0. The van der Waals surface area contributed by atoms with Crippen molar-refractivity contribution in [3.8, 4) is 0 Å². The van der Waals surface area contributed by atoms with Gasteiger partial charge in [0.15, 0.2) is 0 Å². The Morgan fingerprint density at radius 3 is 0.600 bits per heavy atom. The summed E-state index contributed by atoms with van der Waals surface area (Å²) in [7, 11) is 0. The van der Waals surface area contributed by atoms with Gasteiger partial charge in [-0.05, 0) is 0 Å². The minimum atomic E-state index is -5.25. The average Bonchev–Trinajstić information content (AvgIpc) is 1.12. The second-order valence-electron chi connectivity index (χ2n) is 0.896. The van der Waals surface area contributed by atoms with Gasteiger partial charge in [0.05, 0.1) is 0 Å². The van der Waals surface area contributed by atoms with Gasteiger partial charge in [0.25, 0.3) is 0 Å². The Hall–Kier alpha value is 0.105. The number of hydrogen-bond acceptors (Lipinski definition) is 4. The van der Waals surface area contributed by atoms with Gasteiger partial charge in [0, 0.05) is 0 Å². The molecular formula is H4Cr2O8. The zero-order valence-corrected chi connectivity index (χ0v) is 6.79. The molecule has 0 aliphatic heterocycles. The summed E-state index contributed by atoms with van der Waals surface area (Å²) in [5, 5.41) is 0. The molecule has 10 heavy (non-hydrogen) atoms. The second kappa shape index (κ2) is 4.08. The minimum absolute atomic E-state index is 5.25. The summed E-state index contributed by atoms with van der Waals surface area (Å²) in [6, 6.07) is 0. The molecule has 0 aliphatic rings. The van der Waals surface area contributed by atoms with Crippen molar-refractivity contribution in [3.05, 3.63) is 0 Å². The summed E-state index contributed by atoms with van der Waals surface area (Å²) in [5.74, 6) is 0. The van der Waals surface area contributed by atoms with E-state index in [1.165, 1.54) is 0 Å². The molecule has 0 atom stereocenters. The Kier molecular flexibility index (Phi) is 5.21. The van der Waals surface area contributed by atoms with E-state index in [1.54, 1.807) is 0 Å². The summed E-state index contributed by atoms with van der Waals surface area (Å²) in [4.78, 5) is 0. The first-order valence-electron chi connectivity index (χ1n) is 1.40. The van der Waals surface area contributed by atoms with Crippen LogP contribution in [0, 0.1) is 0 Å². The molecule has 0 amide bonds. The Morgan fingerprint density at radius 2 is 0.600 bits per heavy atom. The normalized spacial score (nSPS) is 11.6. The fourth-order valence-corrected chi connectivity index (χ4v) is 0. The molecule has 0 unspecified atom stereocenters. The number of hydrogen-bond donors (Lipinski definition) is 4. The van der Waals surface area contributed by atoms with Gasteiger partial charge < -0.3 is 0 Å². The summed E-state index contributed by atoms with van der Waals surface area (Å²) in [6.45, 7) is 0. The molecule has 8 nitrogen and oxygen atoms in total. The zero-order valence-electron chi connectivity index (χ0n) is 4.24. The molecule has 0 fully saturated rings. The van der Waals surface area contributed by atoms with Crippen LogP contribution in [-0.2, 0) is 42.4 Å². The van der Waals surface area contributed by atoms with Crippen LogP contribution in [0.5, 0.6) is 0 Å². The van der Waals surface area contributed by atoms with Crippen LogP contribution in [0.2, 0.25) is 0 Å². The molecule has 10 heteroatoms. The molecule has 0 bridgehead atoms. The zero-order chi connectivity index (χ0) is 9.00. The summed E-state index contributed by atoms with van der Waals surface area (Å²) in [6.07, 6.45) is 0. The molecule has 0 rings (SSSR count). The van der Waals surface area contributed by atoms with E-state index in [2.05, 4.69) is 0 Å². The second-order valence-corrected chi connectivity index (χ2v) is 3.69. The van der Waals surface area contributed by atoms with Gasteiger partial charge in [0.2, 0.25) is 0 Å².